The van der Waals surface area contributed by atoms with Crippen LogP contribution in [0, 0.1) is 0 Å². The van der Waals surface area contributed by atoms with Gasteiger partial charge in [0.25, 0.3) is 5.91 Å². The number of nitrogens with zero attached hydrogens (tertiary/aromatic N) is 1. The number of para-hydroxylation sites is 1. The van der Waals surface area contributed by atoms with E-state index in [-0.39, 0.29) is 6.10 Å². The number of carboxylic acid groups (broad SMARTS) is 1. The number of rotatable bonds is 7. The molecule has 0 atom stereocenters. The predicted octanol–water partition coefficient (Wildman–Crippen LogP) is 3.75. The number of anilines is 1. The van der Waals surface area contributed by atoms with Crippen molar-refractivity contribution in [1.29, 1.82) is 0 Å². The molecule has 142 valence electrons. The fourth-order valence-corrected chi connectivity index (χ4v) is 3.26. The third-order valence-electron chi connectivity index (χ3n) is 4.61. The van der Waals surface area contributed by atoms with Gasteiger partial charge < -0.3 is 14.6 Å². The molecule has 3 rings (SSSR count). The van der Waals surface area contributed by atoms with Gasteiger partial charge in [-0.3, -0.25) is 14.5 Å². The highest BCUT2D eigenvalue weighted by Gasteiger charge is 2.23. The fourth-order valence-electron chi connectivity index (χ4n) is 3.26. The highest BCUT2D eigenvalue weighted by Crippen LogP contribution is 2.33. The molecule has 6 heteroatoms. The Labute approximate surface area is 158 Å². The van der Waals surface area contributed by atoms with Crippen LogP contribution in [0.4, 0.5) is 5.69 Å². The van der Waals surface area contributed by atoms with Gasteiger partial charge in [-0.15, -0.1) is 0 Å². The average Bonchev–Trinajstić information content (AvgIpc) is 3.19. The summed E-state index contributed by atoms with van der Waals surface area (Å²) in [4.78, 5) is 25.5. The smallest absolute Gasteiger partial charge is 0.323 e. The second kappa shape index (κ2) is 8.58. The predicted molar refractivity (Wildman–Crippen MR) is 102 cm³/mol. The number of hydrogen-bond acceptors (Lipinski definition) is 4. The van der Waals surface area contributed by atoms with Crippen molar-refractivity contribution in [2.24, 2.45) is 0 Å². The van der Waals surface area contributed by atoms with Crippen LogP contribution in [-0.4, -0.2) is 36.7 Å². The molecular weight excluding hydrogens is 346 g/mol. The summed E-state index contributed by atoms with van der Waals surface area (Å²) in [6.45, 7) is -0.425. The van der Waals surface area contributed by atoms with Crippen LogP contribution in [0.5, 0.6) is 11.5 Å². The number of hydrogen-bond donors (Lipinski definition) is 1. The minimum absolute atomic E-state index is 0.174. The number of benzene rings is 2. The van der Waals surface area contributed by atoms with Gasteiger partial charge in [0.05, 0.1) is 13.2 Å². The zero-order valence-corrected chi connectivity index (χ0v) is 15.3. The van der Waals surface area contributed by atoms with Crippen LogP contribution < -0.4 is 14.4 Å². The van der Waals surface area contributed by atoms with Crippen LogP contribution in [0.3, 0.4) is 0 Å². The zero-order valence-electron chi connectivity index (χ0n) is 15.3. The third kappa shape index (κ3) is 4.58. The molecule has 1 fully saturated rings. The summed E-state index contributed by atoms with van der Waals surface area (Å²) in [6.07, 6.45) is 4.53. The number of ether oxygens (including phenoxy) is 2. The summed E-state index contributed by atoms with van der Waals surface area (Å²) in [5.74, 6) is -0.420. The maximum Gasteiger partial charge on any atom is 0.323 e. The van der Waals surface area contributed by atoms with Crippen LogP contribution >= 0.6 is 0 Å². The quantitative estimate of drug-likeness (QED) is 0.804. The molecule has 0 bridgehead atoms. The molecule has 1 amide bonds. The minimum atomic E-state index is -1.08. The second-order valence-electron chi connectivity index (χ2n) is 6.51. The van der Waals surface area contributed by atoms with Crippen LogP contribution in [0.25, 0.3) is 0 Å². The normalized spacial score (nSPS) is 14.0. The Morgan fingerprint density at radius 3 is 2.41 bits per heavy atom. The zero-order chi connectivity index (χ0) is 19.2. The first-order chi connectivity index (χ1) is 13.1. The van der Waals surface area contributed by atoms with Gasteiger partial charge in [-0.05, 0) is 56.0 Å². The number of aliphatic carboxylic acids is 1. The van der Waals surface area contributed by atoms with E-state index >= 15 is 0 Å². The van der Waals surface area contributed by atoms with Gasteiger partial charge in [0, 0.05) is 11.3 Å². The summed E-state index contributed by atoms with van der Waals surface area (Å²) in [6, 6.07) is 13.7. The maximum absolute atomic E-state index is 13.0. The monoisotopic (exact) mass is 369 g/mol. The van der Waals surface area contributed by atoms with E-state index in [2.05, 4.69) is 0 Å². The molecule has 6 nitrogen and oxygen atoms in total. The fraction of sp³-hybridized carbons (Fsp3) is 0.333. The topological polar surface area (TPSA) is 76.1 Å². The maximum atomic E-state index is 13.0. The highest BCUT2D eigenvalue weighted by molar-refractivity contribution is 6.08. The van der Waals surface area contributed by atoms with E-state index in [1.54, 1.807) is 42.5 Å². The molecular formula is C21H23NO5. The lowest BCUT2D eigenvalue weighted by Gasteiger charge is -2.22. The lowest BCUT2D eigenvalue weighted by Crippen LogP contribution is -2.35. The molecule has 0 unspecified atom stereocenters. The van der Waals surface area contributed by atoms with Crippen LogP contribution in [0.2, 0.25) is 0 Å². The third-order valence-corrected chi connectivity index (χ3v) is 4.61. The Bertz CT molecular complexity index is 799. The van der Waals surface area contributed by atoms with E-state index in [9.17, 15) is 14.7 Å². The molecule has 0 spiro atoms. The van der Waals surface area contributed by atoms with Gasteiger partial charge in [-0.25, -0.2) is 0 Å². The van der Waals surface area contributed by atoms with E-state index < -0.39 is 18.4 Å². The van der Waals surface area contributed by atoms with Crippen molar-refractivity contribution in [3.8, 4) is 11.5 Å². The number of carbonyl (C=O) groups excluding carboxylic acids is 1. The van der Waals surface area contributed by atoms with Crippen LogP contribution in [-0.2, 0) is 4.79 Å². The van der Waals surface area contributed by atoms with Gasteiger partial charge in [-0.2, -0.15) is 0 Å². The highest BCUT2D eigenvalue weighted by atomic mass is 16.5. The summed E-state index contributed by atoms with van der Waals surface area (Å²) in [5, 5.41) is 9.21. The standard InChI is InChI=1S/C21H23NO5/c1-26-19-13-15(11-12-18(19)27-17-9-5-6-10-17)21(25)22(14-20(23)24)16-7-3-2-4-8-16/h2-4,7-8,11-13,17H,5-6,9-10,14H2,1H3,(H,23,24). The Morgan fingerprint density at radius 1 is 1.07 bits per heavy atom. The van der Waals surface area contributed by atoms with Crippen molar-refractivity contribution in [2.75, 3.05) is 18.6 Å². The van der Waals surface area contributed by atoms with Gasteiger partial charge in [0.2, 0.25) is 0 Å². The number of carbonyl (C=O) groups is 2. The molecule has 1 aliphatic carbocycles. The van der Waals surface area contributed by atoms with E-state index in [0.29, 0.717) is 22.7 Å². The Morgan fingerprint density at radius 2 is 1.78 bits per heavy atom. The Hall–Kier alpha value is -3.02. The Balaban J connectivity index is 1.86. The summed E-state index contributed by atoms with van der Waals surface area (Å²) >= 11 is 0. The average molecular weight is 369 g/mol. The van der Waals surface area contributed by atoms with Gasteiger partial charge in [0.15, 0.2) is 11.5 Å². The summed E-state index contributed by atoms with van der Waals surface area (Å²) < 4.78 is 11.4. The molecule has 0 heterocycles. The van der Waals surface area contributed by atoms with Crippen molar-refractivity contribution in [1.82, 2.24) is 0 Å². The van der Waals surface area contributed by atoms with E-state index in [1.807, 2.05) is 6.07 Å². The molecule has 1 saturated carbocycles. The molecule has 0 saturated heterocycles. The number of amides is 1. The molecule has 1 aliphatic rings. The lowest BCUT2D eigenvalue weighted by atomic mass is 10.1. The van der Waals surface area contributed by atoms with Crippen molar-refractivity contribution in [2.45, 2.75) is 31.8 Å². The van der Waals surface area contributed by atoms with Crippen LogP contribution in [0.1, 0.15) is 36.0 Å². The minimum Gasteiger partial charge on any atom is -0.493 e. The molecule has 2 aromatic rings. The van der Waals surface area contributed by atoms with Gasteiger partial charge in [-0.1, -0.05) is 18.2 Å². The first-order valence-electron chi connectivity index (χ1n) is 9.02. The number of carboxylic acids is 1. The van der Waals surface area contributed by atoms with E-state index in [1.165, 1.54) is 12.0 Å². The molecule has 0 aromatic heterocycles. The van der Waals surface area contributed by atoms with Crippen molar-refractivity contribution in [3.05, 3.63) is 54.1 Å². The van der Waals surface area contributed by atoms with E-state index in [0.717, 1.165) is 25.7 Å². The SMILES string of the molecule is COc1cc(C(=O)N(CC(=O)O)c2ccccc2)ccc1OC1CCCC1. The molecule has 1 N–H and O–H groups in total. The molecule has 27 heavy (non-hydrogen) atoms. The van der Waals surface area contributed by atoms with Crippen molar-refractivity contribution >= 4 is 17.6 Å². The molecule has 0 radical (unpaired) electrons. The number of methoxy groups -OCH3 is 1. The summed E-state index contributed by atoms with van der Waals surface area (Å²) in [5.41, 5.74) is 0.867. The first-order valence-corrected chi connectivity index (χ1v) is 9.02. The first kappa shape index (κ1) is 18.8. The van der Waals surface area contributed by atoms with Crippen molar-refractivity contribution < 1.29 is 24.2 Å². The van der Waals surface area contributed by atoms with Gasteiger partial charge >= 0.3 is 5.97 Å². The Kier molecular flexibility index (Phi) is 5.96. The van der Waals surface area contributed by atoms with Gasteiger partial charge in [0.1, 0.15) is 6.54 Å². The van der Waals surface area contributed by atoms with Crippen molar-refractivity contribution in [3.63, 3.8) is 0 Å². The lowest BCUT2D eigenvalue weighted by molar-refractivity contribution is -0.135. The summed E-state index contributed by atoms with van der Waals surface area (Å²) in [7, 11) is 1.53. The molecule has 0 aliphatic heterocycles. The largest absolute Gasteiger partial charge is 0.493 e. The second-order valence-corrected chi connectivity index (χ2v) is 6.51. The molecule has 2 aromatic carbocycles. The van der Waals surface area contributed by atoms with E-state index in [4.69, 9.17) is 9.47 Å². The van der Waals surface area contributed by atoms with Crippen LogP contribution in [0.15, 0.2) is 48.5 Å².